The summed E-state index contributed by atoms with van der Waals surface area (Å²) in [7, 11) is 0. The molecule has 2 rings (SSSR count). The van der Waals surface area contributed by atoms with Crippen molar-refractivity contribution in [3.05, 3.63) is 35.9 Å². The van der Waals surface area contributed by atoms with Gasteiger partial charge in [0.1, 0.15) is 6.04 Å². The molecule has 0 spiro atoms. The molecular formula is C20H29N3O4. The van der Waals surface area contributed by atoms with Crippen LogP contribution in [-0.4, -0.2) is 47.0 Å². The SMILES string of the molecule is CC(=O)NC(Cc1ccccc1)C(=O)N1CCC(CCCC(=O)NO)CC1. The predicted octanol–water partition coefficient (Wildman–Crippen LogP) is 1.65. The molecule has 27 heavy (non-hydrogen) atoms. The zero-order valence-electron chi connectivity index (χ0n) is 15.8. The molecule has 1 aliphatic heterocycles. The molecule has 1 fully saturated rings. The van der Waals surface area contributed by atoms with Gasteiger partial charge in [0.2, 0.25) is 17.7 Å². The molecule has 1 saturated heterocycles. The third-order valence-corrected chi connectivity index (χ3v) is 5.03. The van der Waals surface area contributed by atoms with Crippen molar-refractivity contribution < 1.29 is 19.6 Å². The Morgan fingerprint density at radius 2 is 1.85 bits per heavy atom. The Balaban J connectivity index is 1.85. The third-order valence-electron chi connectivity index (χ3n) is 5.03. The van der Waals surface area contributed by atoms with E-state index in [2.05, 4.69) is 5.32 Å². The fraction of sp³-hybridized carbons (Fsp3) is 0.550. The third kappa shape index (κ3) is 7.02. The molecule has 7 nitrogen and oxygen atoms in total. The van der Waals surface area contributed by atoms with Gasteiger partial charge >= 0.3 is 0 Å². The second-order valence-electron chi connectivity index (χ2n) is 7.14. The largest absolute Gasteiger partial charge is 0.344 e. The van der Waals surface area contributed by atoms with E-state index in [0.29, 0.717) is 31.8 Å². The summed E-state index contributed by atoms with van der Waals surface area (Å²) in [4.78, 5) is 37.4. The van der Waals surface area contributed by atoms with Gasteiger partial charge in [-0.1, -0.05) is 30.3 Å². The van der Waals surface area contributed by atoms with Crippen LogP contribution in [0.5, 0.6) is 0 Å². The maximum atomic E-state index is 12.9. The number of amides is 3. The van der Waals surface area contributed by atoms with Crippen molar-refractivity contribution in [1.29, 1.82) is 0 Å². The van der Waals surface area contributed by atoms with Gasteiger partial charge in [0, 0.05) is 32.9 Å². The zero-order chi connectivity index (χ0) is 19.6. The van der Waals surface area contributed by atoms with Crippen molar-refractivity contribution >= 4 is 17.7 Å². The van der Waals surface area contributed by atoms with Crippen molar-refractivity contribution in [3.63, 3.8) is 0 Å². The number of likely N-dealkylation sites (tertiary alicyclic amines) is 1. The molecule has 3 amide bonds. The highest BCUT2D eigenvalue weighted by Crippen LogP contribution is 2.23. The lowest BCUT2D eigenvalue weighted by atomic mass is 9.91. The lowest BCUT2D eigenvalue weighted by Crippen LogP contribution is -2.51. The lowest BCUT2D eigenvalue weighted by Gasteiger charge is -2.34. The van der Waals surface area contributed by atoms with Crippen LogP contribution in [0.3, 0.4) is 0 Å². The van der Waals surface area contributed by atoms with Gasteiger partial charge < -0.3 is 10.2 Å². The minimum atomic E-state index is -0.547. The highest BCUT2D eigenvalue weighted by molar-refractivity contribution is 5.87. The van der Waals surface area contributed by atoms with Gasteiger partial charge in [-0.25, -0.2) is 5.48 Å². The van der Waals surface area contributed by atoms with Crippen LogP contribution in [0, 0.1) is 5.92 Å². The van der Waals surface area contributed by atoms with Crippen LogP contribution in [0.15, 0.2) is 30.3 Å². The molecule has 1 unspecified atom stereocenters. The first-order chi connectivity index (χ1) is 13.0. The van der Waals surface area contributed by atoms with E-state index in [-0.39, 0.29) is 17.7 Å². The van der Waals surface area contributed by atoms with E-state index in [1.807, 2.05) is 35.2 Å². The maximum Gasteiger partial charge on any atom is 0.245 e. The Bertz CT molecular complexity index is 627. The molecule has 0 radical (unpaired) electrons. The van der Waals surface area contributed by atoms with Crippen molar-refractivity contribution in [1.82, 2.24) is 15.7 Å². The molecule has 148 valence electrons. The maximum absolute atomic E-state index is 12.9. The van der Waals surface area contributed by atoms with Crippen LogP contribution >= 0.6 is 0 Å². The van der Waals surface area contributed by atoms with E-state index >= 15 is 0 Å². The van der Waals surface area contributed by atoms with Gasteiger partial charge in [0.25, 0.3) is 0 Å². The van der Waals surface area contributed by atoms with Crippen LogP contribution in [0.4, 0.5) is 0 Å². The first-order valence-corrected chi connectivity index (χ1v) is 9.52. The number of carbonyl (C=O) groups excluding carboxylic acids is 3. The van der Waals surface area contributed by atoms with Crippen molar-refractivity contribution in [2.45, 2.75) is 51.5 Å². The second kappa shape index (κ2) is 10.7. The highest BCUT2D eigenvalue weighted by Gasteiger charge is 2.28. The summed E-state index contributed by atoms with van der Waals surface area (Å²) < 4.78 is 0. The molecule has 0 aliphatic carbocycles. The average Bonchev–Trinajstić information content (AvgIpc) is 2.68. The number of hydrogen-bond acceptors (Lipinski definition) is 4. The van der Waals surface area contributed by atoms with Crippen LogP contribution in [0.1, 0.15) is 44.6 Å². The number of piperidine rings is 1. The molecule has 0 bridgehead atoms. The van der Waals surface area contributed by atoms with E-state index in [1.165, 1.54) is 6.92 Å². The van der Waals surface area contributed by atoms with Gasteiger partial charge in [0.15, 0.2) is 0 Å². The lowest BCUT2D eigenvalue weighted by molar-refractivity contribution is -0.137. The molecule has 1 heterocycles. The Hall–Kier alpha value is -2.41. The topological polar surface area (TPSA) is 98.7 Å². The summed E-state index contributed by atoms with van der Waals surface area (Å²) in [6.45, 7) is 2.77. The molecular weight excluding hydrogens is 346 g/mol. The molecule has 3 N–H and O–H groups in total. The standard InChI is InChI=1S/C20H29N3O4/c1-15(24)21-18(14-17-6-3-2-4-7-17)20(26)23-12-10-16(11-13-23)8-5-9-19(25)22-27/h2-4,6-7,16,18,27H,5,8-14H2,1H3,(H,21,24)(H,22,25). The summed E-state index contributed by atoms with van der Waals surface area (Å²) >= 11 is 0. The number of carbonyl (C=O) groups is 3. The van der Waals surface area contributed by atoms with Crippen molar-refractivity contribution in [2.24, 2.45) is 5.92 Å². The summed E-state index contributed by atoms with van der Waals surface area (Å²) in [5, 5.41) is 11.3. The number of hydrogen-bond donors (Lipinski definition) is 3. The van der Waals surface area contributed by atoms with Crippen LogP contribution in [0.2, 0.25) is 0 Å². The molecule has 1 aromatic rings. The fourth-order valence-corrected chi connectivity index (χ4v) is 3.56. The van der Waals surface area contributed by atoms with Crippen LogP contribution in [-0.2, 0) is 20.8 Å². The Labute approximate surface area is 160 Å². The number of benzene rings is 1. The molecule has 1 aliphatic rings. The first kappa shape index (κ1) is 20.9. The zero-order valence-corrected chi connectivity index (χ0v) is 15.8. The van der Waals surface area contributed by atoms with E-state index in [9.17, 15) is 14.4 Å². The van der Waals surface area contributed by atoms with Gasteiger partial charge in [-0.05, 0) is 37.2 Å². The van der Waals surface area contributed by atoms with Crippen molar-refractivity contribution in [3.8, 4) is 0 Å². The molecule has 1 aromatic carbocycles. The van der Waals surface area contributed by atoms with E-state index < -0.39 is 6.04 Å². The molecule has 7 heteroatoms. The van der Waals surface area contributed by atoms with Gasteiger partial charge in [-0.15, -0.1) is 0 Å². The predicted molar refractivity (Wildman–Crippen MR) is 101 cm³/mol. The fourth-order valence-electron chi connectivity index (χ4n) is 3.56. The van der Waals surface area contributed by atoms with Crippen LogP contribution < -0.4 is 10.8 Å². The smallest absolute Gasteiger partial charge is 0.245 e. The quantitative estimate of drug-likeness (QED) is 0.475. The summed E-state index contributed by atoms with van der Waals surface area (Å²) in [5.41, 5.74) is 2.66. The van der Waals surface area contributed by atoms with E-state index in [1.54, 1.807) is 5.48 Å². The van der Waals surface area contributed by atoms with Gasteiger partial charge in [-0.3, -0.25) is 19.6 Å². The Morgan fingerprint density at radius 1 is 1.19 bits per heavy atom. The summed E-state index contributed by atoms with van der Waals surface area (Å²) in [6.07, 6.45) is 4.23. The van der Waals surface area contributed by atoms with E-state index in [0.717, 1.165) is 31.2 Å². The molecule has 0 aromatic heterocycles. The molecule has 1 atom stereocenters. The molecule has 0 saturated carbocycles. The minimum absolute atomic E-state index is 0.0350. The number of nitrogens with one attached hydrogen (secondary N) is 2. The Morgan fingerprint density at radius 3 is 2.44 bits per heavy atom. The van der Waals surface area contributed by atoms with E-state index in [4.69, 9.17) is 5.21 Å². The van der Waals surface area contributed by atoms with Gasteiger partial charge in [0.05, 0.1) is 0 Å². The monoisotopic (exact) mass is 375 g/mol. The normalized spacial score (nSPS) is 15.9. The Kier molecular flexibility index (Phi) is 8.26. The average molecular weight is 375 g/mol. The summed E-state index contributed by atoms with van der Waals surface area (Å²) in [5.74, 6) is -0.121. The number of nitrogens with zero attached hydrogens (tertiary/aromatic N) is 1. The highest BCUT2D eigenvalue weighted by atomic mass is 16.5. The van der Waals surface area contributed by atoms with Crippen LogP contribution in [0.25, 0.3) is 0 Å². The number of hydroxylamine groups is 1. The summed E-state index contributed by atoms with van der Waals surface area (Å²) in [6, 6.07) is 9.14. The van der Waals surface area contributed by atoms with Crippen molar-refractivity contribution in [2.75, 3.05) is 13.1 Å². The van der Waals surface area contributed by atoms with Gasteiger partial charge in [-0.2, -0.15) is 0 Å². The number of rotatable bonds is 8. The first-order valence-electron chi connectivity index (χ1n) is 9.52. The second-order valence-corrected chi connectivity index (χ2v) is 7.14. The minimum Gasteiger partial charge on any atom is -0.344 e.